The number of rotatable bonds is 21. The fourth-order valence-corrected chi connectivity index (χ4v) is 6.30. The summed E-state index contributed by atoms with van der Waals surface area (Å²) in [6.45, 7) is 12.1. The van der Waals surface area contributed by atoms with Crippen LogP contribution in [0.15, 0.2) is 18.2 Å². The lowest BCUT2D eigenvalue weighted by Gasteiger charge is -2.57. The largest absolute Gasteiger partial charge is 0.508 e. The van der Waals surface area contributed by atoms with E-state index < -0.39 is 5.97 Å². The second kappa shape index (κ2) is 20.1. The van der Waals surface area contributed by atoms with Crippen LogP contribution in [0.2, 0.25) is 0 Å². The van der Waals surface area contributed by atoms with Crippen molar-refractivity contribution >= 4 is 11.9 Å². The molecule has 0 radical (unpaired) electrons. The van der Waals surface area contributed by atoms with Crippen molar-refractivity contribution < 1.29 is 43.5 Å². The first kappa shape index (κ1) is 38.1. The number of hydrogen-bond acceptors (Lipinski definition) is 11. The number of phenolic OH excluding ortho intramolecular Hbond substituents is 1. The number of nitrogens with one attached hydrogen (secondary N) is 2. The fraction of sp³-hybridized carbons (Fsp3) is 0.758. The Bertz CT molecular complexity index is 1060. The molecule has 1 amide bonds. The Balaban J connectivity index is 0.00000107. The van der Waals surface area contributed by atoms with Gasteiger partial charge in [-0.05, 0) is 66.3 Å². The predicted molar refractivity (Wildman–Crippen MR) is 173 cm³/mol. The van der Waals surface area contributed by atoms with Gasteiger partial charge in [0.05, 0.1) is 78.6 Å². The molecule has 2 bridgehead atoms. The van der Waals surface area contributed by atoms with Gasteiger partial charge in [-0.2, -0.15) is 0 Å². The molecule has 4 rings (SSSR count). The lowest BCUT2D eigenvalue weighted by molar-refractivity contribution is -0.135. The number of piperidine rings is 1. The zero-order valence-corrected chi connectivity index (χ0v) is 27.8. The summed E-state index contributed by atoms with van der Waals surface area (Å²) in [6, 6.07) is 5.85. The second-order valence-electron chi connectivity index (χ2n) is 12.4. The third-order valence-electron chi connectivity index (χ3n) is 9.12. The minimum atomic E-state index is -0.968. The maximum atomic E-state index is 13.1. The molecule has 262 valence electrons. The van der Waals surface area contributed by atoms with E-state index >= 15 is 0 Å². The van der Waals surface area contributed by atoms with Crippen molar-refractivity contribution in [3.05, 3.63) is 29.3 Å². The number of carboxylic acid groups (broad SMARTS) is 1. The van der Waals surface area contributed by atoms with Crippen molar-refractivity contribution in [2.24, 2.45) is 17.6 Å². The summed E-state index contributed by atoms with van der Waals surface area (Å²) in [6.07, 6.45) is 3.70. The highest BCUT2D eigenvalue weighted by Gasteiger charge is 2.53. The number of hydrogen-bond donors (Lipinski definition) is 5. The molecule has 1 saturated heterocycles. The summed E-state index contributed by atoms with van der Waals surface area (Å²) in [5.74, 6) is 0.464. The normalized spacial score (nSPS) is 23.7. The van der Waals surface area contributed by atoms with E-state index in [0.717, 1.165) is 31.0 Å². The molecule has 1 aromatic rings. The number of amides is 1. The van der Waals surface area contributed by atoms with E-state index in [2.05, 4.69) is 35.1 Å². The van der Waals surface area contributed by atoms with Crippen molar-refractivity contribution in [2.45, 2.75) is 50.6 Å². The zero-order valence-electron chi connectivity index (χ0n) is 27.8. The van der Waals surface area contributed by atoms with E-state index in [9.17, 15) is 14.7 Å². The number of aliphatic carboxylic acids is 1. The van der Waals surface area contributed by atoms with Crippen LogP contribution in [0.4, 0.5) is 0 Å². The molecule has 0 aromatic heterocycles. The van der Waals surface area contributed by atoms with Crippen molar-refractivity contribution in [1.82, 2.24) is 15.5 Å². The highest BCUT2D eigenvalue weighted by atomic mass is 16.6. The molecule has 6 N–H and O–H groups in total. The molecule has 1 heterocycles. The first-order valence-corrected chi connectivity index (χ1v) is 16.5. The number of methoxy groups -OCH3 is 1. The maximum absolute atomic E-state index is 13.1. The van der Waals surface area contributed by atoms with Crippen LogP contribution in [0.25, 0.3) is 0 Å². The average molecular weight is 653 g/mol. The number of carbonyl (C=O) groups excluding carboxylic acids is 1. The summed E-state index contributed by atoms with van der Waals surface area (Å²) in [7, 11) is 1.65. The van der Waals surface area contributed by atoms with E-state index in [0.29, 0.717) is 77.7 Å². The van der Waals surface area contributed by atoms with Crippen LogP contribution in [-0.2, 0) is 38.7 Å². The number of fused-ring (bicyclic) bond motifs is 4. The molecule has 4 atom stereocenters. The van der Waals surface area contributed by atoms with Gasteiger partial charge in [0.1, 0.15) is 5.75 Å². The van der Waals surface area contributed by atoms with Gasteiger partial charge in [-0.15, -0.1) is 0 Å². The fourth-order valence-electron chi connectivity index (χ4n) is 6.30. The van der Waals surface area contributed by atoms with Gasteiger partial charge >= 0.3 is 5.97 Å². The first-order valence-electron chi connectivity index (χ1n) is 16.5. The lowest BCUT2D eigenvalue weighted by atomic mass is 9.57. The number of nitrogens with two attached hydrogens (primary N) is 1. The number of carboxylic acids is 1. The number of ether oxygens (including phenoxy) is 5. The number of likely N-dealkylation sites (tertiary alicyclic amines) is 1. The van der Waals surface area contributed by atoms with Crippen molar-refractivity contribution in [2.75, 3.05) is 99.3 Å². The summed E-state index contributed by atoms with van der Waals surface area (Å²) < 4.78 is 26.8. The van der Waals surface area contributed by atoms with Crippen LogP contribution in [0.5, 0.6) is 5.75 Å². The SMILES string of the molecule is COCCOCCOCCOCCOCCNCC(=O)NC1c2ccc(O)cc2[C@@]2(C)CCN(CC3CC3)[C@H]1[C@@H]2C.NCC(=O)O. The van der Waals surface area contributed by atoms with E-state index in [1.807, 2.05) is 12.1 Å². The van der Waals surface area contributed by atoms with Crippen molar-refractivity contribution in [3.63, 3.8) is 0 Å². The summed E-state index contributed by atoms with van der Waals surface area (Å²) in [4.78, 5) is 25.0. The number of nitrogens with zero attached hydrogens (tertiary/aromatic N) is 1. The van der Waals surface area contributed by atoms with Gasteiger partial charge in [-0.1, -0.05) is 19.9 Å². The number of phenols is 1. The molecule has 46 heavy (non-hydrogen) atoms. The van der Waals surface area contributed by atoms with Crippen LogP contribution in [0.1, 0.15) is 50.3 Å². The molecular weight excluding hydrogens is 596 g/mol. The molecule has 1 saturated carbocycles. The molecule has 1 unspecified atom stereocenters. The Morgan fingerprint density at radius 2 is 1.59 bits per heavy atom. The summed E-state index contributed by atoms with van der Waals surface area (Å²) >= 11 is 0. The first-order chi connectivity index (χ1) is 22.2. The summed E-state index contributed by atoms with van der Waals surface area (Å²) in [5.41, 5.74) is 6.89. The van der Waals surface area contributed by atoms with E-state index in [-0.39, 0.29) is 36.5 Å². The minimum absolute atomic E-state index is 0.00855. The second-order valence-corrected chi connectivity index (χ2v) is 12.4. The van der Waals surface area contributed by atoms with E-state index in [4.69, 9.17) is 28.8 Å². The number of aromatic hydroxyl groups is 1. The molecule has 1 aromatic carbocycles. The molecule has 13 nitrogen and oxygen atoms in total. The van der Waals surface area contributed by atoms with Gasteiger partial charge in [0.15, 0.2) is 0 Å². The number of benzene rings is 1. The van der Waals surface area contributed by atoms with Gasteiger partial charge in [0, 0.05) is 26.2 Å². The maximum Gasteiger partial charge on any atom is 0.317 e. The van der Waals surface area contributed by atoms with Crippen LogP contribution < -0.4 is 16.4 Å². The molecule has 0 spiro atoms. The molecule has 3 aliphatic rings. The van der Waals surface area contributed by atoms with Crippen LogP contribution in [0.3, 0.4) is 0 Å². The Labute approximate surface area is 273 Å². The van der Waals surface area contributed by atoms with Crippen molar-refractivity contribution in [1.29, 1.82) is 0 Å². The Morgan fingerprint density at radius 3 is 2.15 bits per heavy atom. The quantitative estimate of drug-likeness (QED) is 0.121. The van der Waals surface area contributed by atoms with Gasteiger partial charge < -0.3 is 50.3 Å². The minimum Gasteiger partial charge on any atom is -0.508 e. The van der Waals surface area contributed by atoms with Crippen LogP contribution in [0, 0.1) is 11.8 Å². The number of carbonyl (C=O) groups is 2. The Hall–Kier alpha value is -2.36. The van der Waals surface area contributed by atoms with Gasteiger partial charge in [-0.3, -0.25) is 14.5 Å². The monoisotopic (exact) mass is 652 g/mol. The van der Waals surface area contributed by atoms with Crippen LogP contribution in [-0.4, -0.2) is 132 Å². The molecule has 13 heteroatoms. The van der Waals surface area contributed by atoms with E-state index in [1.165, 1.54) is 18.4 Å². The van der Waals surface area contributed by atoms with Gasteiger partial charge in [0.2, 0.25) is 5.91 Å². The zero-order chi connectivity index (χ0) is 33.4. The third kappa shape index (κ3) is 12.0. The van der Waals surface area contributed by atoms with Crippen LogP contribution >= 0.6 is 0 Å². The average Bonchev–Trinajstić information content (AvgIpc) is 3.86. The standard InChI is InChI=1S/C31H51N3O7.C2H5NO2/c1-23-30-29(26-7-6-25(35)20-27(26)31(23,2)8-10-34(30)22-24-4-5-24)33-28(36)21-32-9-11-38-14-15-40-18-19-41-17-16-39-13-12-37-3;3-1-2(4)5/h6-7,20,23-24,29-30,32,35H,4-5,8-19,21-22H2,1-3H3,(H,33,36);1,3H2,(H,4,5)/t23-,29?,30-,31-;/m0./s1. The predicted octanol–water partition coefficient (Wildman–Crippen LogP) is 1.27. The topological polar surface area (TPSA) is 174 Å². The molecule has 2 fully saturated rings. The Morgan fingerprint density at radius 1 is 1.00 bits per heavy atom. The Kier molecular flexibility index (Phi) is 16.6. The molecular formula is C33H56N4O9. The lowest BCUT2D eigenvalue weighted by Crippen LogP contribution is -2.63. The third-order valence-corrected chi connectivity index (χ3v) is 9.12. The van der Waals surface area contributed by atoms with Gasteiger partial charge in [-0.25, -0.2) is 0 Å². The highest BCUT2D eigenvalue weighted by molar-refractivity contribution is 5.79. The van der Waals surface area contributed by atoms with Crippen molar-refractivity contribution in [3.8, 4) is 5.75 Å². The highest BCUT2D eigenvalue weighted by Crippen LogP contribution is 2.53. The van der Waals surface area contributed by atoms with E-state index in [1.54, 1.807) is 13.2 Å². The van der Waals surface area contributed by atoms with Gasteiger partial charge in [0.25, 0.3) is 0 Å². The molecule has 2 aliphatic carbocycles. The summed E-state index contributed by atoms with van der Waals surface area (Å²) in [5, 5.41) is 24.5. The smallest absolute Gasteiger partial charge is 0.317 e. The molecule has 1 aliphatic heterocycles.